The topological polar surface area (TPSA) is 41.5 Å². The summed E-state index contributed by atoms with van der Waals surface area (Å²) in [6.45, 7) is 1.49. The zero-order valence-corrected chi connectivity index (χ0v) is 10.8. The number of rotatable bonds is 3. The Morgan fingerprint density at radius 1 is 1.32 bits per heavy atom. The second-order valence-electron chi connectivity index (χ2n) is 3.74. The van der Waals surface area contributed by atoms with Gasteiger partial charge in [0, 0.05) is 5.56 Å². The van der Waals surface area contributed by atoms with Crippen LogP contribution in [-0.2, 0) is 0 Å². The molecule has 0 unspecified atom stereocenters. The first kappa shape index (κ1) is 13.4. The zero-order valence-electron chi connectivity index (χ0n) is 9.98. The number of hydrazone groups is 1. The van der Waals surface area contributed by atoms with Gasteiger partial charge in [-0.15, -0.1) is 11.3 Å². The summed E-state index contributed by atoms with van der Waals surface area (Å²) in [5.41, 5.74) is 2.52. The second kappa shape index (κ2) is 5.71. The molecule has 1 N–H and O–H groups in total. The van der Waals surface area contributed by atoms with Gasteiger partial charge in [-0.2, -0.15) is 5.10 Å². The van der Waals surface area contributed by atoms with Gasteiger partial charge < -0.3 is 0 Å². The molecule has 0 aliphatic heterocycles. The van der Waals surface area contributed by atoms with Crippen LogP contribution in [0.15, 0.2) is 40.8 Å². The van der Waals surface area contributed by atoms with Gasteiger partial charge in [-0.3, -0.25) is 4.79 Å². The van der Waals surface area contributed by atoms with E-state index in [2.05, 4.69) is 10.5 Å². The summed E-state index contributed by atoms with van der Waals surface area (Å²) in [6.07, 6.45) is 0. The monoisotopic (exact) mass is 280 g/mol. The number of carbonyl (C=O) groups excluding carboxylic acids is 1. The molecule has 2 aromatic rings. The molecule has 0 radical (unpaired) electrons. The number of halogens is 2. The summed E-state index contributed by atoms with van der Waals surface area (Å²) in [4.78, 5) is 12.1. The Bertz CT molecular complexity index is 624. The molecule has 0 spiro atoms. The van der Waals surface area contributed by atoms with Gasteiger partial charge in [-0.25, -0.2) is 14.2 Å². The maximum Gasteiger partial charge on any atom is 0.281 e. The van der Waals surface area contributed by atoms with Crippen molar-refractivity contribution in [3.8, 4) is 0 Å². The fourth-order valence-electron chi connectivity index (χ4n) is 1.43. The van der Waals surface area contributed by atoms with E-state index in [4.69, 9.17) is 0 Å². The van der Waals surface area contributed by atoms with Crippen molar-refractivity contribution in [1.29, 1.82) is 0 Å². The molecule has 19 heavy (non-hydrogen) atoms. The van der Waals surface area contributed by atoms with Crippen LogP contribution in [0.5, 0.6) is 0 Å². The Morgan fingerprint density at radius 2 is 2.11 bits per heavy atom. The number of amides is 1. The van der Waals surface area contributed by atoms with Gasteiger partial charge in [-0.05, 0) is 36.6 Å². The summed E-state index contributed by atoms with van der Waals surface area (Å²) >= 11 is 1.27. The van der Waals surface area contributed by atoms with Gasteiger partial charge in [-0.1, -0.05) is 6.07 Å². The summed E-state index contributed by atoms with van der Waals surface area (Å²) < 4.78 is 26.5. The molecule has 1 amide bonds. The third-order valence-electron chi connectivity index (χ3n) is 2.39. The predicted molar refractivity (Wildman–Crippen MR) is 70.4 cm³/mol. The fourth-order valence-corrected chi connectivity index (χ4v) is 2.05. The smallest absolute Gasteiger partial charge is 0.266 e. The minimum Gasteiger partial charge on any atom is -0.266 e. The van der Waals surface area contributed by atoms with Gasteiger partial charge >= 0.3 is 0 Å². The largest absolute Gasteiger partial charge is 0.281 e. The Morgan fingerprint density at radius 3 is 2.79 bits per heavy atom. The molecule has 0 saturated heterocycles. The van der Waals surface area contributed by atoms with Crippen LogP contribution in [0.3, 0.4) is 0 Å². The van der Waals surface area contributed by atoms with Crippen LogP contribution in [0, 0.1) is 11.6 Å². The molecule has 2 rings (SSSR count). The van der Waals surface area contributed by atoms with E-state index in [1.54, 1.807) is 17.5 Å². The zero-order chi connectivity index (χ0) is 13.8. The Labute approximate surface area is 112 Å². The van der Waals surface area contributed by atoms with E-state index < -0.39 is 11.6 Å². The van der Waals surface area contributed by atoms with E-state index in [-0.39, 0.29) is 17.2 Å². The van der Waals surface area contributed by atoms with E-state index in [0.717, 1.165) is 18.2 Å². The predicted octanol–water partition coefficient (Wildman–Crippen LogP) is 3.18. The minimum atomic E-state index is -0.590. The molecule has 0 fully saturated rings. The highest BCUT2D eigenvalue weighted by Gasteiger charge is 2.09. The lowest BCUT2D eigenvalue weighted by atomic mass is 10.1. The molecule has 0 atom stereocenters. The summed E-state index contributed by atoms with van der Waals surface area (Å²) in [6, 6.07) is 6.46. The van der Waals surface area contributed by atoms with Gasteiger partial charge in [0.15, 0.2) is 0 Å². The highest BCUT2D eigenvalue weighted by Crippen LogP contribution is 2.11. The quantitative estimate of drug-likeness (QED) is 0.681. The molecule has 1 aromatic heterocycles. The van der Waals surface area contributed by atoms with E-state index in [1.165, 1.54) is 18.3 Å². The van der Waals surface area contributed by atoms with Crippen LogP contribution < -0.4 is 5.43 Å². The Hall–Kier alpha value is -2.08. The molecule has 6 heteroatoms. The maximum atomic E-state index is 13.5. The molecule has 3 nitrogen and oxygen atoms in total. The average Bonchev–Trinajstić information content (AvgIpc) is 2.92. The molecule has 0 saturated carbocycles. The van der Waals surface area contributed by atoms with Crippen molar-refractivity contribution >= 4 is 23.0 Å². The van der Waals surface area contributed by atoms with Crippen LogP contribution >= 0.6 is 11.3 Å². The van der Waals surface area contributed by atoms with Crippen molar-refractivity contribution in [2.24, 2.45) is 5.10 Å². The summed E-state index contributed by atoms with van der Waals surface area (Å²) in [7, 11) is 0. The molecule has 0 aliphatic carbocycles. The average molecular weight is 280 g/mol. The van der Waals surface area contributed by atoms with Gasteiger partial charge in [0.25, 0.3) is 5.91 Å². The van der Waals surface area contributed by atoms with Crippen molar-refractivity contribution < 1.29 is 13.6 Å². The number of nitrogens with one attached hydrogen (secondary N) is 1. The van der Waals surface area contributed by atoms with Crippen molar-refractivity contribution in [2.45, 2.75) is 6.92 Å². The molecule has 1 heterocycles. The molecule has 1 aromatic carbocycles. The van der Waals surface area contributed by atoms with Gasteiger partial charge in [0.1, 0.15) is 11.6 Å². The van der Waals surface area contributed by atoms with Crippen LogP contribution in [0.2, 0.25) is 0 Å². The van der Waals surface area contributed by atoms with Crippen molar-refractivity contribution in [2.75, 3.05) is 0 Å². The highest BCUT2D eigenvalue weighted by atomic mass is 32.1. The van der Waals surface area contributed by atoms with E-state index in [1.807, 2.05) is 0 Å². The Balaban J connectivity index is 2.15. The fraction of sp³-hybridized carbons (Fsp3) is 0.0769. The lowest BCUT2D eigenvalue weighted by Crippen LogP contribution is -2.18. The van der Waals surface area contributed by atoms with Gasteiger partial charge in [0.2, 0.25) is 0 Å². The second-order valence-corrected chi connectivity index (χ2v) is 4.69. The minimum absolute atomic E-state index is 0.0199. The molecular formula is C13H10F2N2OS. The number of benzene rings is 1. The normalized spacial score (nSPS) is 11.4. The highest BCUT2D eigenvalue weighted by molar-refractivity contribution is 7.12. The number of thiophene rings is 1. The van der Waals surface area contributed by atoms with Crippen molar-refractivity contribution in [1.82, 2.24) is 5.43 Å². The first-order valence-corrected chi connectivity index (χ1v) is 6.29. The van der Waals surface area contributed by atoms with Crippen LogP contribution in [0.1, 0.15) is 22.2 Å². The number of hydrogen-bond donors (Lipinski definition) is 1. The number of nitrogens with zero attached hydrogens (tertiary/aromatic N) is 1. The molecule has 0 bridgehead atoms. The number of hydrogen-bond acceptors (Lipinski definition) is 3. The first-order chi connectivity index (χ1) is 9.08. The van der Waals surface area contributed by atoms with Crippen LogP contribution in [0.25, 0.3) is 0 Å². The van der Waals surface area contributed by atoms with Gasteiger partial charge in [0.05, 0.1) is 10.6 Å². The maximum absolute atomic E-state index is 13.5. The summed E-state index contributed by atoms with van der Waals surface area (Å²) in [5.74, 6) is -1.53. The third-order valence-corrected chi connectivity index (χ3v) is 3.26. The van der Waals surface area contributed by atoms with E-state index in [9.17, 15) is 13.6 Å². The molecular weight excluding hydrogens is 270 g/mol. The van der Waals surface area contributed by atoms with Crippen molar-refractivity contribution in [3.05, 3.63) is 57.8 Å². The Kier molecular flexibility index (Phi) is 4.01. The molecule has 98 valence electrons. The van der Waals surface area contributed by atoms with Crippen LogP contribution in [0.4, 0.5) is 8.78 Å². The standard InChI is InChI=1S/C13H10F2N2OS/c1-8(10-7-9(14)4-5-11(10)15)16-17-13(18)12-3-2-6-19-12/h2-7H,1H3,(H,17,18)/b16-8-. The van der Waals surface area contributed by atoms with E-state index >= 15 is 0 Å². The molecule has 0 aliphatic rings. The van der Waals surface area contributed by atoms with Crippen molar-refractivity contribution in [3.63, 3.8) is 0 Å². The lowest BCUT2D eigenvalue weighted by molar-refractivity contribution is 0.0959. The van der Waals surface area contributed by atoms with E-state index in [0.29, 0.717) is 4.88 Å². The van der Waals surface area contributed by atoms with Crippen LogP contribution in [-0.4, -0.2) is 11.6 Å². The number of carbonyl (C=O) groups is 1. The summed E-state index contributed by atoms with van der Waals surface area (Å²) in [5, 5.41) is 5.53. The first-order valence-electron chi connectivity index (χ1n) is 5.41. The SMILES string of the molecule is C/C(=N/NC(=O)c1cccs1)c1cc(F)ccc1F. The lowest BCUT2D eigenvalue weighted by Gasteiger charge is -2.03. The third kappa shape index (κ3) is 3.23.